The molecule has 10 heteroatoms. The summed E-state index contributed by atoms with van der Waals surface area (Å²) in [6.07, 6.45) is 58.0. The van der Waals surface area contributed by atoms with E-state index in [1.54, 1.807) is 0 Å². The second-order valence-electron chi connectivity index (χ2n) is 19.9. The van der Waals surface area contributed by atoms with E-state index < -0.39 is 22.8 Å². The van der Waals surface area contributed by atoms with E-state index >= 15 is 0 Å². The molecule has 0 aliphatic heterocycles. The molecule has 0 aliphatic rings. The lowest BCUT2D eigenvalue weighted by atomic mass is 9.61. The maximum atomic E-state index is 13.2. The van der Waals surface area contributed by atoms with Crippen LogP contribution in [0.3, 0.4) is 0 Å². The largest absolute Gasteiger partial charge is 0.394 e. The monoisotopic (exact) mass is 953 g/mol. The summed E-state index contributed by atoms with van der Waals surface area (Å²) in [7, 11) is -5.22. The molecule has 0 aromatic heterocycles. The van der Waals surface area contributed by atoms with Gasteiger partial charge in [-0.2, -0.15) is 0 Å². The molecule has 64 heavy (non-hydrogen) atoms. The Labute approximate surface area is 402 Å². The van der Waals surface area contributed by atoms with E-state index in [0.29, 0.717) is 6.61 Å². The van der Waals surface area contributed by atoms with E-state index in [-0.39, 0.29) is 18.1 Å². The summed E-state index contributed by atoms with van der Waals surface area (Å²) in [6.45, 7) is 11.6. The minimum atomic E-state index is -2.61. The average molecular weight is 953 g/mol. The van der Waals surface area contributed by atoms with E-state index in [0.717, 1.165) is 32.1 Å². The van der Waals surface area contributed by atoms with Crippen LogP contribution >= 0.6 is 17.2 Å². The number of ether oxygens (including phenoxy) is 1. The van der Waals surface area contributed by atoms with Gasteiger partial charge in [0.25, 0.3) is 0 Å². The lowest BCUT2D eigenvalue weighted by molar-refractivity contribution is -0.164. The van der Waals surface area contributed by atoms with Gasteiger partial charge in [0.05, 0.1) is 24.9 Å². The zero-order chi connectivity index (χ0) is 47.7. The Morgan fingerprint density at radius 1 is 0.359 bits per heavy atom. The predicted octanol–water partition coefficient (Wildman–Crippen LogP) is 17.8. The van der Waals surface area contributed by atoms with Crippen LogP contribution in [-0.2, 0) is 9.05 Å². The summed E-state index contributed by atoms with van der Waals surface area (Å²) in [6, 6.07) is 0. The molecule has 0 aliphatic carbocycles. The fraction of sp³-hybridized carbons (Fsp3) is 1.00. The molecule has 0 aromatic carbocycles. The third-order valence-corrected chi connectivity index (χ3v) is 15.1. The third-order valence-electron chi connectivity index (χ3n) is 14.0. The molecule has 0 bridgehead atoms. The number of hydrogen-bond acceptors (Lipinski definition) is 8. The molecule has 388 valence electrons. The summed E-state index contributed by atoms with van der Waals surface area (Å²) in [5.41, 5.74) is -0.920. The molecular weight excluding hydrogens is 839 g/mol. The van der Waals surface area contributed by atoms with Gasteiger partial charge >= 0.3 is 17.2 Å². The van der Waals surface area contributed by atoms with Gasteiger partial charge in [0.1, 0.15) is 0 Å². The van der Waals surface area contributed by atoms with Crippen LogP contribution in [0.4, 0.5) is 0 Å². The van der Waals surface area contributed by atoms with Gasteiger partial charge in [0, 0.05) is 5.41 Å². The quantitative estimate of drug-likeness (QED) is 0.0262. The fourth-order valence-corrected chi connectivity index (χ4v) is 10.2. The number of unbranched alkanes of at least 4 members (excludes halogenated alkanes) is 36. The van der Waals surface area contributed by atoms with Crippen molar-refractivity contribution < 1.29 is 38.8 Å². The molecule has 2 atom stereocenters. The van der Waals surface area contributed by atoms with Crippen molar-refractivity contribution in [1.29, 1.82) is 0 Å². The third kappa shape index (κ3) is 43.8. The van der Waals surface area contributed by atoms with Crippen molar-refractivity contribution in [2.45, 2.75) is 329 Å². The molecule has 0 heterocycles. The molecule has 0 fully saturated rings. The van der Waals surface area contributed by atoms with Crippen molar-refractivity contribution in [1.82, 2.24) is 0 Å². The standard InChI is InChI=1S/C54H110O3.H4O5P2/c1-6-10-14-18-22-26-30-34-38-42-46-53(47-43-39-35-31-27-23-19-15-11-7-2,48-44-40-36-32-28-24-20-16-12-8-3)54(56,51-57-52(5)50-55)49-45-41-37-33-29-25-21-17-13-9-4;1-6(2)5-7(3)4/h52,55-56H,6-51H2,1-5H3;1-4H. The van der Waals surface area contributed by atoms with Crippen LogP contribution in [0, 0.1) is 5.41 Å². The van der Waals surface area contributed by atoms with Gasteiger partial charge in [0.15, 0.2) is 0 Å². The van der Waals surface area contributed by atoms with Gasteiger partial charge in [-0.15, -0.1) is 0 Å². The topological polar surface area (TPSA) is 140 Å². The van der Waals surface area contributed by atoms with Gasteiger partial charge in [-0.05, 0) is 32.6 Å². The first-order valence-corrected chi connectivity index (χ1v) is 30.4. The predicted molar refractivity (Wildman–Crippen MR) is 280 cm³/mol. The Bertz CT molecular complexity index is 818. The van der Waals surface area contributed by atoms with Gasteiger partial charge < -0.3 is 34.5 Å². The Morgan fingerprint density at radius 2 is 0.578 bits per heavy atom. The first kappa shape index (κ1) is 66.6. The first-order valence-electron chi connectivity index (χ1n) is 28.1. The SMILES string of the molecule is CCCCCCCCCCCCC(O)(COC(C)CO)C(CCCCCCCCCCCC)(CCCCCCCCCCCC)CCCCCCCCCCCC.OP(O)OP(O)O. The summed E-state index contributed by atoms with van der Waals surface area (Å²) < 4.78 is 10.0. The first-order chi connectivity index (χ1) is 31.1. The molecule has 0 rings (SSSR count). The summed E-state index contributed by atoms with van der Waals surface area (Å²) >= 11 is 0. The zero-order valence-electron chi connectivity index (χ0n) is 43.5. The van der Waals surface area contributed by atoms with E-state index in [1.165, 1.54) is 250 Å². The highest BCUT2D eigenvalue weighted by Gasteiger charge is 2.48. The number of aliphatic hydroxyl groups is 2. The van der Waals surface area contributed by atoms with Crippen LogP contribution < -0.4 is 0 Å². The molecule has 0 saturated carbocycles. The maximum absolute atomic E-state index is 13.2. The second kappa shape index (κ2) is 51.4. The van der Waals surface area contributed by atoms with Gasteiger partial charge in [-0.3, -0.25) is 0 Å². The molecule has 0 spiro atoms. The minimum Gasteiger partial charge on any atom is -0.394 e. The number of aliphatic hydroxyl groups excluding tert-OH is 1. The van der Waals surface area contributed by atoms with Crippen molar-refractivity contribution in [3.8, 4) is 0 Å². The molecule has 0 amide bonds. The molecule has 0 radical (unpaired) electrons. The minimum absolute atomic E-state index is 0.0245. The van der Waals surface area contributed by atoms with Crippen LogP contribution in [0.15, 0.2) is 0 Å². The fourth-order valence-electron chi connectivity index (χ4n) is 9.72. The Hall–Kier alpha value is 0.540. The summed E-state index contributed by atoms with van der Waals surface area (Å²) in [5.74, 6) is 0. The molecule has 6 N–H and O–H groups in total. The molecule has 0 aromatic rings. The van der Waals surface area contributed by atoms with Crippen LogP contribution in [-0.4, -0.2) is 54.7 Å². The highest BCUT2D eigenvalue weighted by molar-refractivity contribution is 7.53. The Balaban J connectivity index is 0. The average Bonchev–Trinajstić information content (AvgIpc) is 3.27. The lowest BCUT2D eigenvalue weighted by Crippen LogP contribution is -2.52. The van der Waals surface area contributed by atoms with Crippen molar-refractivity contribution >= 4 is 17.2 Å². The van der Waals surface area contributed by atoms with Crippen LogP contribution in [0.1, 0.15) is 317 Å². The van der Waals surface area contributed by atoms with Crippen molar-refractivity contribution in [2.75, 3.05) is 13.2 Å². The Kier molecular flexibility index (Phi) is 53.5. The van der Waals surface area contributed by atoms with E-state index in [4.69, 9.17) is 24.3 Å². The molecular formula is C54H114O8P2. The van der Waals surface area contributed by atoms with Gasteiger partial charge in [-0.1, -0.05) is 285 Å². The maximum Gasteiger partial charge on any atom is 0.334 e. The smallest absolute Gasteiger partial charge is 0.334 e. The summed E-state index contributed by atoms with van der Waals surface area (Å²) in [4.78, 5) is 31.3. The van der Waals surface area contributed by atoms with Crippen molar-refractivity contribution in [2.24, 2.45) is 5.41 Å². The molecule has 2 unspecified atom stereocenters. The van der Waals surface area contributed by atoms with E-state index in [1.807, 2.05) is 6.92 Å². The van der Waals surface area contributed by atoms with Crippen LogP contribution in [0.25, 0.3) is 0 Å². The van der Waals surface area contributed by atoms with Crippen LogP contribution in [0.2, 0.25) is 0 Å². The Morgan fingerprint density at radius 3 is 0.781 bits per heavy atom. The highest BCUT2D eigenvalue weighted by Crippen LogP contribution is 2.49. The number of hydrogen-bond donors (Lipinski definition) is 6. The molecule has 8 nitrogen and oxygen atoms in total. The normalized spacial score (nSPS) is 13.5. The van der Waals surface area contributed by atoms with Crippen LogP contribution in [0.5, 0.6) is 0 Å². The van der Waals surface area contributed by atoms with E-state index in [2.05, 4.69) is 32.0 Å². The van der Waals surface area contributed by atoms with Gasteiger partial charge in [0.2, 0.25) is 0 Å². The zero-order valence-corrected chi connectivity index (χ0v) is 45.3. The lowest BCUT2D eigenvalue weighted by Gasteiger charge is -2.49. The van der Waals surface area contributed by atoms with Gasteiger partial charge in [-0.25, -0.2) is 4.31 Å². The van der Waals surface area contributed by atoms with E-state index in [9.17, 15) is 10.2 Å². The number of rotatable bonds is 51. The summed E-state index contributed by atoms with van der Waals surface area (Å²) in [5, 5.41) is 23.2. The second-order valence-corrected chi connectivity index (χ2v) is 21.6. The molecule has 0 saturated heterocycles. The van der Waals surface area contributed by atoms with Crippen molar-refractivity contribution in [3.63, 3.8) is 0 Å². The highest BCUT2D eigenvalue weighted by atomic mass is 31.2. The van der Waals surface area contributed by atoms with Crippen molar-refractivity contribution in [3.05, 3.63) is 0 Å².